The molecule has 2 aliphatic heterocycles. The quantitative estimate of drug-likeness (QED) is 0.0489. The Morgan fingerprint density at radius 3 is 2.16 bits per heavy atom. The highest BCUT2D eigenvalue weighted by atomic mass is 31.2. The molecule has 16 nitrogen and oxygen atoms in total. The van der Waals surface area contributed by atoms with Gasteiger partial charge in [0.15, 0.2) is 17.4 Å². The maximum absolute atomic E-state index is 13.8. The highest BCUT2D eigenvalue weighted by Gasteiger charge is 2.65. The SMILES string of the molecule is COc1ccc(C(OC[C@@]23CO[C@@H]([C@H](n4cnc5nc(NC(=O)C(C)C)[nH]c(=O)c54)O2)[C@@H]3OP(OCCC#N)N(C(C)C)C(C)C)(c2ccccc2)c2ccc(OC)cc2)cc1. The van der Waals surface area contributed by atoms with E-state index in [-0.39, 0.29) is 67.3 Å². The summed E-state index contributed by atoms with van der Waals surface area (Å²) in [5.74, 6) is 0.708. The Kier molecular flexibility index (Phi) is 13.7. The molecule has 0 radical (unpaired) electrons. The Hall–Kier alpha value is -5.24. The third-order valence-corrected chi connectivity index (χ3v) is 13.1. The van der Waals surface area contributed by atoms with Crippen LogP contribution in [0.3, 0.4) is 0 Å². The number of anilines is 1. The minimum absolute atomic E-state index is 0.00979. The topological polar surface area (TPSA) is 184 Å². The third-order valence-electron chi connectivity index (χ3n) is 11.0. The number of fused-ring (bicyclic) bond motifs is 3. The van der Waals surface area contributed by atoms with Gasteiger partial charge in [-0.15, -0.1) is 0 Å². The summed E-state index contributed by atoms with van der Waals surface area (Å²) in [7, 11) is 1.45. The summed E-state index contributed by atoms with van der Waals surface area (Å²) in [5, 5.41) is 12.1. The van der Waals surface area contributed by atoms with Gasteiger partial charge >= 0.3 is 0 Å². The summed E-state index contributed by atoms with van der Waals surface area (Å²) in [5.41, 5.74) is -0.311. The summed E-state index contributed by atoms with van der Waals surface area (Å²) in [4.78, 5) is 37.9. The van der Waals surface area contributed by atoms with Crippen LogP contribution in [-0.2, 0) is 33.7 Å². The first kappa shape index (κ1) is 44.8. The van der Waals surface area contributed by atoms with Gasteiger partial charge in [0.05, 0.1) is 46.5 Å². The molecule has 4 heterocycles. The van der Waals surface area contributed by atoms with Gasteiger partial charge in [-0.1, -0.05) is 68.4 Å². The minimum Gasteiger partial charge on any atom is -0.497 e. The van der Waals surface area contributed by atoms with Crippen molar-refractivity contribution in [2.45, 2.75) is 89.7 Å². The molecule has 328 valence electrons. The van der Waals surface area contributed by atoms with E-state index in [0.717, 1.165) is 16.7 Å². The van der Waals surface area contributed by atoms with Crippen LogP contribution in [0, 0.1) is 17.2 Å². The number of aromatic nitrogens is 4. The van der Waals surface area contributed by atoms with Gasteiger partial charge in [0.2, 0.25) is 11.9 Å². The highest BCUT2D eigenvalue weighted by molar-refractivity contribution is 7.44. The summed E-state index contributed by atoms with van der Waals surface area (Å²) in [6, 6.07) is 27.6. The molecule has 2 aliphatic rings. The van der Waals surface area contributed by atoms with Crippen LogP contribution in [0.2, 0.25) is 0 Å². The molecule has 1 unspecified atom stereocenters. The second-order valence-corrected chi connectivity index (χ2v) is 17.5. The average Bonchev–Trinajstić information content (AvgIpc) is 3.94. The monoisotopic (exact) mass is 867 g/mol. The number of imidazole rings is 1. The van der Waals surface area contributed by atoms with Crippen LogP contribution < -0.4 is 20.3 Å². The van der Waals surface area contributed by atoms with Crippen molar-refractivity contribution in [3.8, 4) is 17.6 Å². The molecule has 7 rings (SSSR count). The van der Waals surface area contributed by atoms with Gasteiger partial charge < -0.3 is 32.7 Å². The maximum atomic E-state index is 13.8. The Bertz CT molecular complexity index is 2350. The molecule has 17 heteroatoms. The second kappa shape index (κ2) is 19.0. The molecule has 5 atom stereocenters. The van der Waals surface area contributed by atoms with Crippen molar-refractivity contribution in [1.29, 1.82) is 5.26 Å². The molecular weight excluding hydrogens is 814 g/mol. The number of ether oxygens (including phenoxy) is 5. The van der Waals surface area contributed by atoms with Crippen LogP contribution in [0.4, 0.5) is 5.95 Å². The number of aromatic amines is 1. The number of carbonyl (C=O) groups is 1. The second-order valence-electron chi connectivity index (χ2n) is 16.1. The maximum Gasteiger partial charge on any atom is 0.278 e. The van der Waals surface area contributed by atoms with Crippen molar-refractivity contribution in [1.82, 2.24) is 24.2 Å². The summed E-state index contributed by atoms with van der Waals surface area (Å²) in [6.07, 6.45) is -0.879. The number of carbonyl (C=O) groups excluding carboxylic acids is 1. The lowest BCUT2D eigenvalue weighted by Crippen LogP contribution is -2.49. The molecule has 5 aromatic rings. The zero-order chi connectivity index (χ0) is 44.2. The number of nitrogens with zero attached hydrogens (tertiary/aromatic N) is 5. The molecule has 3 aromatic carbocycles. The predicted molar refractivity (Wildman–Crippen MR) is 233 cm³/mol. The zero-order valence-corrected chi connectivity index (χ0v) is 37.1. The number of H-pyrrole nitrogens is 1. The fraction of sp³-hybridized carbons (Fsp3) is 0.444. The van der Waals surface area contributed by atoms with Crippen LogP contribution in [0.25, 0.3) is 11.2 Å². The van der Waals surface area contributed by atoms with Gasteiger partial charge in [-0.25, -0.2) is 9.65 Å². The molecule has 2 aromatic heterocycles. The Morgan fingerprint density at radius 2 is 1.60 bits per heavy atom. The van der Waals surface area contributed by atoms with Crippen molar-refractivity contribution >= 4 is 31.5 Å². The van der Waals surface area contributed by atoms with Crippen molar-refractivity contribution in [2.24, 2.45) is 5.92 Å². The smallest absolute Gasteiger partial charge is 0.278 e. The third kappa shape index (κ3) is 8.71. The number of hydrogen-bond donors (Lipinski definition) is 2. The lowest BCUT2D eigenvalue weighted by atomic mass is 9.79. The number of rotatable bonds is 19. The van der Waals surface area contributed by atoms with Gasteiger partial charge in [0.1, 0.15) is 41.2 Å². The molecule has 2 N–H and O–H groups in total. The van der Waals surface area contributed by atoms with Gasteiger partial charge in [-0.3, -0.25) is 24.5 Å². The van der Waals surface area contributed by atoms with E-state index in [1.54, 1.807) is 32.6 Å². The van der Waals surface area contributed by atoms with E-state index >= 15 is 0 Å². The van der Waals surface area contributed by atoms with Crippen molar-refractivity contribution in [3.63, 3.8) is 0 Å². The normalized spacial score (nSPS) is 20.3. The summed E-state index contributed by atoms with van der Waals surface area (Å²) in [6.45, 7) is 11.9. The van der Waals surface area contributed by atoms with Gasteiger partial charge in [0.25, 0.3) is 14.1 Å². The van der Waals surface area contributed by atoms with E-state index in [9.17, 15) is 14.9 Å². The number of benzene rings is 3. The fourth-order valence-electron chi connectivity index (χ4n) is 8.04. The summed E-state index contributed by atoms with van der Waals surface area (Å²) < 4.78 is 49.7. The first-order valence-electron chi connectivity index (χ1n) is 20.7. The van der Waals surface area contributed by atoms with Crippen LogP contribution in [-0.4, -0.2) is 94.0 Å². The standard InChI is InChI=1S/C45H54N7O9P/c1-28(2)40(53)49-43-48-39-36(41(54)50-43)51(27-47-39)42-37-38(61-62(59-24-12-23-46)52(29(3)4)30(5)6)44(60-42,25-57-37)26-58-45(31-13-10-9-11-14-31,32-15-19-34(55-7)20-16-32)33-17-21-35(56-8)22-18-33/h9-11,13-22,27-30,37-38,42H,12,24-26H2,1-8H3,(H2,48,49,50,53,54)/t37-,38+,42-,44-,62?/m1/s1. The lowest BCUT2D eigenvalue weighted by Gasteiger charge is -2.41. The molecule has 2 fully saturated rings. The van der Waals surface area contributed by atoms with E-state index in [1.165, 1.54) is 6.33 Å². The Morgan fingerprint density at radius 1 is 0.984 bits per heavy atom. The Balaban J connectivity index is 1.35. The average molecular weight is 868 g/mol. The summed E-state index contributed by atoms with van der Waals surface area (Å²) >= 11 is 0. The molecule has 62 heavy (non-hydrogen) atoms. The van der Waals surface area contributed by atoms with Crippen molar-refractivity contribution in [3.05, 3.63) is 112 Å². The number of amides is 1. The van der Waals surface area contributed by atoms with E-state index in [4.69, 9.17) is 32.7 Å². The fourth-order valence-corrected chi connectivity index (χ4v) is 9.85. The first-order chi connectivity index (χ1) is 29.8. The molecule has 2 bridgehead atoms. The van der Waals surface area contributed by atoms with Crippen LogP contribution in [0.15, 0.2) is 90.0 Å². The number of nitrogens with one attached hydrogen (secondary N) is 2. The molecular formula is C45H54N7O9P. The molecule has 2 saturated heterocycles. The van der Waals surface area contributed by atoms with Gasteiger partial charge in [0, 0.05) is 18.0 Å². The van der Waals surface area contributed by atoms with E-state index in [1.807, 2.05) is 78.9 Å². The van der Waals surface area contributed by atoms with Gasteiger partial charge in [-0.2, -0.15) is 10.2 Å². The lowest BCUT2D eigenvalue weighted by molar-refractivity contribution is -0.201. The number of hydrogen-bond acceptors (Lipinski definition) is 13. The molecule has 0 spiro atoms. The van der Waals surface area contributed by atoms with Gasteiger partial charge in [-0.05, 0) is 68.7 Å². The molecule has 0 aliphatic carbocycles. The predicted octanol–water partition coefficient (Wildman–Crippen LogP) is 7.07. The van der Waals surface area contributed by atoms with Crippen LogP contribution in [0.5, 0.6) is 11.5 Å². The minimum atomic E-state index is -1.79. The number of methoxy groups -OCH3 is 2. The largest absolute Gasteiger partial charge is 0.497 e. The first-order valence-corrected chi connectivity index (χ1v) is 21.8. The van der Waals surface area contributed by atoms with Crippen molar-refractivity contribution < 1.29 is 37.5 Å². The van der Waals surface area contributed by atoms with Crippen LogP contribution >= 0.6 is 8.53 Å². The van der Waals surface area contributed by atoms with Crippen molar-refractivity contribution in [2.75, 3.05) is 39.4 Å². The number of nitriles is 1. The highest BCUT2D eigenvalue weighted by Crippen LogP contribution is 2.56. The molecule has 1 amide bonds. The zero-order valence-electron chi connectivity index (χ0n) is 36.2. The van der Waals surface area contributed by atoms with E-state index < -0.39 is 43.7 Å². The van der Waals surface area contributed by atoms with Crippen LogP contribution in [0.1, 0.15) is 70.9 Å². The van der Waals surface area contributed by atoms with E-state index in [0.29, 0.717) is 11.5 Å². The molecule has 0 saturated carbocycles. The van der Waals surface area contributed by atoms with E-state index in [2.05, 4.69) is 58.7 Å². The Labute approximate surface area is 362 Å².